The largest absolute Gasteiger partial charge is 0.0642 e. The van der Waals surface area contributed by atoms with Gasteiger partial charge in [0.25, 0.3) is 0 Å². The summed E-state index contributed by atoms with van der Waals surface area (Å²) in [6, 6.07) is 50.9. The normalized spacial score (nSPS) is 14.9. The quantitative estimate of drug-likeness (QED) is 0.163. The highest BCUT2D eigenvalue weighted by Gasteiger charge is 2.46. The monoisotopic (exact) mass is 618 g/mol. The van der Waals surface area contributed by atoms with Gasteiger partial charge >= 0.3 is 0 Å². The van der Waals surface area contributed by atoms with Gasteiger partial charge in [-0.15, -0.1) is 0 Å². The van der Waals surface area contributed by atoms with Crippen molar-refractivity contribution < 1.29 is 0 Å². The van der Waals surface area contributed by atoms with Gasteiger partial charge in [0, 0.05) is 10.8 Å². The summed E-state index contributed by atoms with van der Waals surface area (Å²) in [6.45, 7) is 9.58. The summed E-state index contributed by atoms with van der Waals surface area (Å²) in [7, 11) is 0. The minimum Gasteiger partial charge on any atom is -0.0642 e. The van der Waals surface area contributed by atoms with Crippen molar-refractivity contribution in [3.63, 3.8) is 0 Å². The number of hydrogen-bond donors (Lipinski definition) is 0. The molecule has 7 aromatic carbocycles. The van der Waals surface area contributed by atoms with Gasteiger partial charge in [-0.3, -0.25) is 0 Å². The lowest BCUT2D eigenvalue weighted by molar-refractivity contribution is 0.485. The lowest BCUT2D eigenvalue weighted by Gasteiger charge is -2.32. The van der Waals surface area contributed by atoms with E-state index in [1.54, 1.807) is 0 Å². The molecule has 9 rings (SSSR count). The Morgan fingerprint density at radius 3 is 1.27 bits per heavy atom. The van der Waals surface area contributed by atoms with Gasteiger partial charge in [-0.25, -0.2) is 0 Å². The molecule has 0 nitrogen and oxygen atoms in total. The average Bonchev–Trinajstić information content (AvgIpc) is 3.58. The molecule has 0 amide bonds. The Morgan fingerprint density at radius 1 is 0.333 bits per heavy atom. The summed E-state index contributed by atoms with van der Waals surface area (Å²) in [4.78, 5) is 0. The summed E-state index contributed by atoms with van der Waals surface area (Å²) in [6.07, 6.45) is 4.35. The highest BCUT2D eigenvalue weighted by Crippen LogP contribution is 2.60. The topological polar surface area (TPSA) is 0 Å². The smallest absolute Gasteiger partial charge is 0.0210 e. The second-order valence-electron chi connectivity index (χ2n) is 14.0. The molecule has 2 aliphatic carbocycles. The highest BCUT2D eigenvalue weighted by molar-refractivity contribution is 6.22. The Labute approximate surface area is 285 Å². The van der Waals surface area contributed by atoms with Crippen molar-refractivity contribution in [3.05, 3.63) is 156 Å². The van der Waals surface area contributed by atoms with Gasteiger partial charge in [0.05, 0.1) is 0 Å². The van der Waals surface area contributed by atoms with E-state index < -0.39 is 0 Å². The molecule has 0 aromatic heterocycles. The first-order valence-corrected chi connectivity index (χ1v) is 18.0. The second-order valence-corrected chi connectivity index (χ2v) is 14.0. The van der Waals surface area contributed by atoms with Crippen LogP contribution in [-0.4, -0.2) is 0 Å². The zero-order valence-corrected chi connectivity index (χ0v) is 28.5. The molecule has 7 aromatic rings. The molecule has 0 aliphatic heterocycles. The van der Waals surface area contributed by atoms with Gasteiger partial charge in [0.1, 0.15) is 0 Å². The van der Waals surface area contributed by atoms with E-state index in [1.165, 1.54) is 88.3 Å². The van der Waals surface area contributed by atoms with Crippen LogP contribution >= 0.6 is 0 Å². The molecule has 0 saturated heterocycles. The first-order valence-electron chi connectivity index (χ1n) is 18.0. The molecule has 0 atom stereocenters. The fraction of sp³-hybridized carbons (Fsp3) is 0.208. The molecule has 48 heavy (non-hydrogen) atoms. The Hall–Kier alpha value is -4.94. The zero-order chi connectivity index (χ0) is 32.6. The molecular formula is C48H42. The summed E-state index contributed by atoms with van der Waals surface area (Å²) in [5.41, 5.74) is 17.0. The Morgan fingerprint density at radius 2 is 0.729 bits per heavy atom. The lowest BCUT2D eigenvalue weighted by atomic mass is 9.71. The van der Waals surface area contributed by atoms with E-state index in [9.17, 15) is 0 Å². The first kappa shape index (κ1) is 29.2. The van der Waals surface area contributed by atoms with E-state index in [1.807, 2.05) is 0 Å². The zero-order valence-electron chi connectivity index (χ0n) is 28.5. The fourth-order valence-electron chi connectivity index (χ4n) is 9.96. The summed E-state index contributed by atoms with van der Waals surface area (Å²) in [5.74, 6) is 0. The van der Waals surface area contributed by atoms with Gasteiger partial charge < -0.3 is 0 Å². The van der Waals surface area contributed by atoms with Crippen LogP contribution in [0.5, 0.6) is 0 Å². The third-order valence-corrected chi connectivity index (χ3v) is 12.4. The van der Waals surface area contributed by atoms with Gasteiger partial charge in [-0.05, 0) is 138 Å². The molecule has 234 valence electrons. The minimum atomic E-state index is -0.0426. The molecule has 0 unspecified atom stereocenters. The molecule has 0 radical (unpaired) electrons. The second kappa shape index (κ2) is 10.8. The van der Waals surface area contributed by atoms with E-state index in [2.05, 4.69) is 161 Å². The third kappa shape index (κ3) is 3.72. The molecule has 0 heterocycles. The molecule has 0 fully saturated rings. The molecule has 0 spiro atoms. The third-order valence-electron chi connectivity index (χ3n) is 12.4. The van der Waals surface area contributed by atoms with Crippen molar-refractivity contribution in [3.8, 4) is 44.5 Å². The molecule has 0 N–H and O–H groups in total. The Balaban J connectivity index is 1.45. The van der Waals surface area contributed by atoms with E-state index in [0.29, 0.717) is 0 Å². The molecule has 0 heteroatoms. The van der Waals surface area contributed by atoms with Gasteiger partial charge in [-0.1, -0.05) is 137 Å². The maximum absolute atomic E-state index is 2.64. The molecule has 0 saturated carbocycles. The van der Waals surface area contributed by atoms with E-state index in [0.717, 1.165) is 25.7 Å². The van der Waals surface area contributed by atoms with Crippen LogP contribution in [0.25, 0.3) is 66.1 Å². The number of fused-ring (bicyclic) bond motifs is 8. The van der Waals surface area contributed by atoms with Crippen LogP contribution in [-0.2, 0) is 10.8 Å². The van der Waals surface area contributed by atoms with Crippen LogP contribution < -0.4 is 0 Å². The van der Waals surface area contributed by atoms with Crippen molar-refractivity contribution in [2.24, 2.45) is 0 Å². The number of hydrogen-bond acceptors (Lipinski definition) is 0. The predicted molar refractivity (Wildman–Crippen MR) is 206 cm³/mol. The van der Waals surface area contributed by atoms with Crippen molar-refractivity contribution in [2.45, 2.75) is 64.2 Å². The fourth-order valence-corrected chi connectivity index (χ4v) is 9.96. The van der Waals surface area contributed by atoms with Gasteiger partial charge in [0.2, 0.25) is 0 Å². The molecule has 0 bridgehead atoms. The van der Waals surface area contributed by atoms with E-state index >= 15 is 0 Å². The van der Waals surface area contributed by atoms with E-state index in [4.69, 9.17) is 0 Å². The molecular weight excluding hydrogens is 577 g/mol. The number of benzene rings is 7. The SMILES string of the molecule is CCC1(CC)c2ccccc2-c2cc3c(cc21)-c1cc2c(-c4ccccc4)c4ccccc4c(-c4ccccc4)c2cc1C3(CC)CC. The Bertz CT molecular complexity index is 2370. The minimum absolute atomic E-state index is 0.0426. The molecule has 2 aliphatic rings. The summed E-state index contributed by atoms with van der Waals surface area (Å²) in [5, 5.41) is 5.32. The van der Waals surface area contributed by atoms with Crippen LogP contribution in [0.2, 0.25) is 0 Å². The van der Waals surface area contributed by atoms with Crippen molar-refractivity contribution in [2.75, 3.05) is 0 Å². The first-order chi connectivity index (χ1) is 23.6. The van der Waals surface area contributed by atoms with Crippen molar-refractivity contribution >= 4 is 21.5 Å². The average molecular weight is 619 g/mol. The van der Waals surface area contributed by atoms with Crippen LogP contribution in [0, 0.1) is 0 Å². The van der Waals surface area contributed by atoms with Crippen molar-refractivity contribution in [1.29, 1.82) is 0 Å². The van der Waals surface area contributed by atoms with Gasteiger partial charge in [0.15, 0.2) is 0 Å². The van der Waals surface area contributed by atoms with Crippen LogP contribution in [0.1, 0.15) is 75.6 Å². The summed E-state index contributed by atoms with van der Waals surface area (Å²) < 4.78 is 0. The van der Waals surface area contributed by atoms with Crippen LogP contribution in [0.15, 0.2) is 133 Å². The summed E-state index contributed by atoms with van der Waals surface area (Å²) >= 11 is 0. The van der Waals surface area contributed by atoms with E-state index in [-0.39, 0.29) is 10.8 Å². The predicted octanol–water partition coefficient (Wildman–Crippen LogP) is 13.5. The van der Waals surface area contributed by atoms with Crippen LogP contribution in [0.3, 0.4) is 0 Å². The van der Waals surface area contributed by atoms with Crippen molar-refractivity contribution in [1.82, 2.24) is 0 Å². The highest BCUT2D eigenvalue weighted by atomic mass is 14.5. The standard InChI is InChI=1S/C48H42/c1-5-47(6-2)41-26-18-17-23-33(41)37-28-43-38(29-42(37)47)36-27-39-40(30-44(36)48(43,7-3)8-4)46(32-21-13-10-14-22-32)35-25-16-15-24-34(35)45(39)31-19-11-9-12-20-31/h9-30H,5-8H2,1-4H3. The number of rotatable bonds is 6. The van der Waals surface area contributed by atoms with Gasteiger partial charge in [-0.2, -0.15) is 0 Å². The Kier molecular flexibility index (Phi) is 6.57. The van der Waals surface area contributed by atoms with Crippen LogP contribution in [0.4, 0.5) is 0 Å². The maximum Gasteiger partial charge on any atom is 0.0210 e. The maximum atomic E-state index is 2.64. The lowest BCUT2D eigenvalue weighted by Crippen LogP contribution is -2.24.